The van der Waals surface area contributed by atoms with Gasteiger partial charge in [0.25, 0.3) is 0 Å². The number of hydrogen-bond donors (Lipinski definition) is 1. The molecular formula is C16H30N4S. The molecule has 21 heavy (non-hydrogen) atoms. The van der Waals surface area contributed by atoms with Crippen LogP contribution in [0.1, 0.15) is 33.1 Å². The van der Waals surface area contributed by atoms with Crippen LogP contribution in [0.3, 0.4) is 0 Å². The lowest BCUT2D eigenvalue weighted by Crippen LogP contribution is -2.46. The van der Waals surface area contributed by atoms with Crippen molar-refractivity contribution in [3.63, 3.8) is 0 Å². The monoisotopic (exact) mass is 310 g/mol. The van der Waals surface area contributed by atoms with Crippen LogP contribution in [-0.4, -0.2) is 55.7 Å². The van der Waals surface area contributed by atoms with E-state index >= 15 is 0 Å². The van der Waals surface area contributed by atoms with Crippen molar-refractivity contribution in [2.45, 2.75) is 33.1 Å². The second-order valence-electron chi connectivity index (χ2n) is 6.30. The molecule has 0 aliphatic carbocycles. The fraction of sp³-hybridized carbons (Fsp3) is 0.812. The summed E-state index contributed by atoms with van der Waals surface area (Å²) < 4.78 is 0. The minimum Gasteiger partial charge on any atom is -0.346 e. The van der Waals surface area contributed by atoms with Gasteiger partial charge >= 0.3 is 0 Å². The molecule has 0 saturated carbocycles. The van der Waals surface area contributed by atoms with Gasteiger partial charge in [0.15, 0.2) is 5.13 Å². The van der Waals surface area contributed by atoms with Crippen LogP contribution in [0.5, 0.6) is 0 Å². The fourth-order valence-electron chi connectivity index (χ4n) is 2.69. The predicted molar refractivity (Wildman–Crippen MR) is 92.3 cm³/mol. The standard InChI is InChI=1S/C16H30N4S/c1-15(2)14-17-6-4-3-5-8-19-9-11-20(12-10-19)16-18-7-13-21-16/h7,13,15,17H,3-6,8-12,14H2,1-2H3. The van der Waals surface area contributed by atoms with Crippen molar-refractivity contribution < 1.29 is 0 Å². The first-order valence-corrected chi connectivity index (χ1v) is 9.21. The fourth-order valence-corrected chi connectivity index (χ4v) is 3.38. The summed E-state index contributed by atoms with van der Waals surface area (Å²) >= 11 is 1.75. The topological polar surface area (TPSA) is 31.4 Å². The van der Waals surface area contributed by atoms with Crippen molar-refractivity contribution in [2.24, 2.45) is 5.92 Å². The van der Waals surface area contributed by atoms with Crippen molar-refractivity contribution in [3.05, 3.63) is 11.6 Å². The minimum absolute atomic E-state index is 0.763. The van der Waals surface area contributed by atoms with Crippen LogP contribution in [0.25, 0.3) is 0 Å². The van der Waals surface area contributed by atoms with Crippen LogP contribution < -0.4 is 10.2 Å². The lowest BCUT2D eigenvalue weighted by Gasteiger charge is -2.34. The van der Waals surface area contributed by atoms with E-state index in [4.69, 9.17) is 0 Å². The lowest BCUT2D eigenvalue weighted by molar-refractivity contribution is 0.252. The summed E-state index contributed by atoms with van der Waals surface area (Å²) in [5.74, 6) is 0.763. The number of piperazine rings is 1. The first-order valence-electron chi connectivity index (χ1n) is 8.33. The molecule has 1 aliphatic rings. The molecule has 1 fully saturated rings. The maximum atomic E-state index is 4.40. The van der Waals surface area contributed by atoms with Gasteiger partial charge in [0.2, 0.25) is 0 Å². The molecule has 1 aromatic heterocycles. The second kappa shape index (κ2) is 9.38. The summed E-state index contributed by atoms with van der Waals surface area (Å²) in [4.78, 5) is 9.42. The number of nitrogens with one attached hydrogen (secondary N) is 1. The number of rotatable bonds is 9. The first kappa shape index (κ1) is 16.7. The van der Waals surface area contributed by atoms with Crippen molar-refractivity contribution in [2.75, 3.05) is 50.7 Å². The van der Waals surface area contributed by atoms with Crippen LogP contribution in [0.4, 0.5) is 5.13 Å². The predicted octanol–water partition coefficient (Wildman–Crippen LogP) is 2.68. The molecule has 120 valence electrons. The van der Waals surface area contributed by atoms with Crippen molar-refractivity contribution >= 4 is 16.5 Å². The van der Waals surface area contributed by atoms with Gasteiger partial charge in [-0.2, -0.15) is 0 Å². The lowest BCUT2D eigenvalue weighted by atomic mass is 10.2. The smallest absolute Gasteiger partial charge is 0.185 e. The Hall–Kier alpha value is -0.650. The average molecular weight is 311 g/mol. The van der Waals surface area contributed by atoms with Crippen LogP contribution in [0.15, 0.2) is 11.6 Å². The Morgan fingerprint density at radius 3 is 2.67 bits per heavy atom. The third kappa shape index (κ3) is 6.32. The van der Waals surface area contributed by atoms with E-state index in [1.165, 1.54) is 50.6 Å². The van der Waals surface area contributed by atoms with E-state index in [9.17, 15) is 0 Å². The summed E-state index contributed by atoms with van der Waals surface area (Å²) in [7, 11) is 0. The van der Waals surface area contributed by atoms with Gasteiger partial charge in [-0.15, -0.1) is 11.3 Å². The highest BCUT2D eigenvalue weighted by molar-refractivity contribution is 7.13. The molecule has 0 unspecified atom stereocenters. The van der Waals surface area contributed by atoms with Crippen LogP contribution >= 0.6 is 11.3 Å². The van der Waals surface area contributed by atoms with Gasteiger partial charge < -0.3 is 10.2 Å². The summed E-state index contributed by atoms with van der Waals surface area (Å²) in [6.07, 6.45) is 5.89. The number of anilines is 1. The number of hydrogen-bond acceptors (Lipinski definition) is 5. The zero-order valence-electron chi connectivity index (χ0n) is 13.6. The molecule has 0 atom stereocenters. The Balaban J connectivity index is 1.48. The quantitative estimate of drug-likeness (QED) is 0.711. The molecule has 2 heterocycles. The van der Waals surface area contributed by atoms with E-state index in [0.717, 1.165) is 25.6 Å². The highest BCUT2D eigenvalue weighted by Crippen LogP contribution is 2.18. The Morgan fingerprint density at radius 2 is 2.00 bits per heavy atom. The molecule has 0 aromatic carbocycles. The Labute approximate surface area is 133 Å². The molecule has 0 bridgehead atoms. The molecule has 0 radical (unpaired) electrons. The van der Waals surface area contributed by atoms with E-state index < -0.39 is 0 Å². The molecule has 4 nitrogen and oxygen atoms in total. The molecule has 2 rings (SSSR count). The third-order valence-electron chi connectivity index (χ3n) is 3.94. The Bertz CT molecular complexity index is 358. The zero-order chi connectivity index (χ0) is 14.9. The van der Waals surface area contributed by atoms with Crippen LogP contribution in [0.2, 0.25) is 0 Å². The third-order valence-corrected chi connectivity index (χ3v) is 4.77. The van der Waals surface area contributed by atoms with Gasteiger partial charge in [0.05, 0.1) is 0 Å². The van der Waals surface area contributed by atoms with E-state index in [0.29, 0.717) is 0 Å². The van der Waals surface area contributed by atoms with E-state index in [-0.39, 0.29) is 0 Å². The summed E-state index contributed by atoms with van der Waals surface area (Å²) in [5, 5.41) is 6.77. The second-order valence-corrected chi connectivity index (χ2v) is 7.18. The normalized spacial score (nSPS) is 16.8. The SMILES string of the molecule is CC(C)CNCCCCCN1CCN(c2nccs2)CC1. The molecule has 0 amide bonds. The molecule has 1 saturated heterocycles. The Kier molecular flexibility index (Phi) is 7.47. The Morgan fingerprint density at radius 1 is 1.19 bits per heavy atom. The summed E-state index contributed by atoms with van der Waals surface area (Å²) in [6, 6.07) is 0. The molecule has 5 heteroatoms. The van der Waals surface area contributed by atoms with Gasteiger partial charge in [0, 0.05) is 37.8 Å². The summed E-state index contributed by atoms with van der Waals surface area (Å²) in [5.41, 5.74) is 0. The van der Waals surface area contributed by atoms with Gasteiger partial charge in [-0.25, -0.2) is 4.98 Å². The summed E-state index contributed by atoms with van der Waals surface area (Å²) in [6.45, 7) is 12.7. The van der Waals surface area contributed by atoms with Crippen molar-refractivity contribution in [3.8, 4) is 0 Å². The van der Waals surface area contributed by atoms with Crippen molar-refractivity contribution in [1.82, 2.24) is 15.2 Å². The number of thiazole rings is 1. The minimum atomic E-state index is 0.763. The van der Waals surface area contributed by atoms with Crippen LogP contribution in [-0.2, 0) is 0 Å². The molecule has 1 aliphatic heterocycles. The highest BCUT2D eigenvalue weighted by atomic mass is 32.1. The van der Waals surface area contributed by atoms with Gasteiger partial charge in [0.1, 0.15) is 0 Å². The van der Waals surface area contributed by atoms with E-state index in [2.05, 4.69) is 39.3 Å². The van der Waals surface area contributed by atoms with Crippen LogP contribution in [0, 0.1) is 5.92 Å². The molecule has 1 N–H and O–H groups in total. The number of nitrogens with zero attached hydrogens (tertiary/aromatic N) is 3. The number of unbranched alkanes of at least 4 members (excludes halogenated alkanes) is 2. The highest BCUT2D eigenvalue weighted by Gasteiger charge is 2.17. The van der Waals surface area contributed by atoms with Gasteiger partial charge in [-0.3, -0.25) is 4.90 Å². The zero-order valence-corrected chi connectivity index (χ0v) is 14.4. The number of aromatic nitrogens is 1. The average Bonchev–Trinajstić information content (AvgIpc) is 3.01. The molecule has 1 aromatic rings. The maximum Gasteiger partial charge on any atom is 0.185 e. The van der Waals surface area contributed by atoms with Gasteiger partial charge in [-0.05, 0) is 38.4 Å². The molecular weight excluding hydrogens is 280 g/mol. The van der Waals surface area contributed by atoms with Gasteiger partial charge in [-0.1, -0.05) is 20.3 Å². The van der Waals surface area contributed by atoms with E-state index in [1.807, 2.05) is 6.20 Å². The molecule has 0 spiro atoms. The first-order chi connectivity index (χ1) is 10.3. The largest absolute Gasteiger partial charge is 0.346 e. The van der Waals surface area contributed by atoms with Crippen molar-refractivity contribution in [1.29, 1.82) is 0 Å². The maximum absolute atomic E-state index is 4.40. The van der Waals surface area contributed by atoms with E-state index in [1.54, 1.807) is 11.3 Å².